The van der Waals surface area contributed by atoms with Gasteiger partial charge in [0.05, 0.1) is 30.5 Å². The van der Waals surface area contributed by atoms with E-state index in [1.54, 1.807) is 13.2 Å². The second kappa shape index (κ2) is 13.6. The summed E-state index contributed by atoms with van der Waals surface area (Å²) in [7, 11) is 1.62. The van der Waals surface area contributed by atoms with E-state index in [2.05, 4.69) is 23.9 Å². The van der Waals surface area contributed by atoms with E-state index in [0.29, 0.717) is 40.0 Å². The van der Waals surface area contributed by atoms with E-state index in [-0.39, 0.29) is 5.56 Å². The Morgan fingerprint density at radius 3 is 2.38 bits per heavy atom. The van der Waals surface area contributed by atoms with Crippen molar-refractivity contribution < 1.29 is 14.2 Å². The van der Waals surface area contributed by atoms with Gasteiger partial charge in [-0.05, 0) is 79.1 Å². The summed E-state index contributed by atoms with van der Waals surface area (Å²) in [6.45, 7) is 5.42. The van der Waals surface area contributed by atoms with Crippen LogP contribution in [-0.2, 0) is 0 Å². The summed E-state index contributed by atoms with van der Waals surface area (Å²) in [5, 5.41) is 9.36. The van der Waals surface area contributed by atoms with Gasteiger partial charge >= 0.3 is 0 Å². The molecule has 0 unspecified atom stereocenters. The molecule has 0 saturated heterocycles. The average Bonchev–Trinajstić information content (AvgIpc) is 3.77. The first-order chi connectivity index (χ1) is 22.1. The minimum absolute atomic E-state index is 0.233. The Balaban J connectivity index is 1.31. The highest BCUT2D eigenvalue weighted by molar-refractivity contribution is 7.15. The lowest BCUT2D eigenvalue weighted by Crippen LogP contribution is -2.23. The number of thiazole rings is 1. The van der Waals surface area contributed by atoms with Crippen molar-refractivity contribution in [1.29, 1.82) is 0 Å². The van der Waals surface area contributed by atoms with Crippen molar-refractivity contribution in [1.82, 2.24) is 24.4 Å². The quantitative estimate of drug-likeness (QED) is 0.159. The highest BCUT2D eigenvalue weighted by Crippen LogP contribution is 2.29. The van der Waals surface area contributed by atoms with Crippen LogP contribution in [0.1, 0.15) is 43.6 Å². The molecule has 0 radical (unpaired) electrons. The average molecular weight is 620 g/mol. The van der Waals surface area contributed by atoms with Crippen molar-refractivity contribution in [3.8, 4) is 34.2 Å². The largest absolute Gasteiger partial charge is 0.494 e. The number of para-hydroxylation sites is 1. The molecule has 0 spiro atoms. The highest BCUT2D eigenvalue weighted by Gasteiger charge is 2.14. The Morgan fingerprint density at radius 1 is 0.867 bits per heavy atom. The summed E-state index contributed by atoms with van der Waals surface area (Å²) in [6.07, 6.45) is 9.30. The number of fused-ring (bicyclic) bond motifs is 1. The van der Waals surface area contributed by atoms with Crippen molar-refractivity contribution in [2.75, 3.05) is 20.3 Å². The first-order valence-electron chi connectivity index (χ1n) is 14.8. The number of ether oxygens (including phenoxy) is 3. The molecular formula is C35H33N5O4S. The minimum atomic E-state index is -0.233. The van der Waals surface area contributed by atoms with Crippen LogP contribution in [0, 0.1) is 0 Å². The van der Waals surface area contributed by atoms with Crippen LogP contribution in [-0.4, -0.2) is 44.7 Å². The van der Waals surface area contributed by atoms with Gasteiger partial charge in [0.25, 0.3) is 5.56 Å². The van der Waals surface area contributed by atoms with Crippen molar-refractivity contribution in [3.05, 3.63) is 111 Å². The fourth-order valence-corrected chi connectivity index (χ4v) is 5.62. The van der Waals surface area contributed by atoms with Crippen LogP contribution < -0.4 is 24.3 Å². The Kier molecular flexibility index (Phi) is 9.02. The lowest BCUT2D eigenvalue weighted by Gasteiger charge is -2.10. The highest BCUT2D eigenvalue weighted by atomic mass is 32.1. The molecule has 0 aliphatic heterocycles. The van der Waals surface area contributed by atoms with Crippen LogP contribution in [0.5, 0.6) is 17.2 Å². The molecule has 3 aromatic carbocycles. The summed E-state index contributed by atoms with van der Waals surface area (Å²) in [4.78, 5) is 18.5. The van der Waals surface area contributed by atoms with Crippen molar-refractivity contribution in [2.24, 2.45) is 0 Å². The first kappa shape index (κ1) is 29.8. The number of aromatic nitrogens is 5. The van der Waals surface area contributed by atoms with Gasteiger partial charge in [0.2, 0.25) is 4.96 Å². The summed E-state index contributed by atoms with van der Waals surface area (Å²) in [6, 6.07) is 23.5. The number of rotatable bonds is 12. The van der Waals surface area contributed by atoms with Gasteiger partial charge in [0.1, 0.15) is 11.4 Å². The van der Waals surface area contributed by atoms with E-state index >= 15 is 0 Å². The molecule has 228 valence electrons. The fourth-order valence-electron chi connectivity index (χ4n) is 4.71. The van der Waals surface area contributed by atoms with E-state index < -0.39 is 0 Å². The lowest BCUT2D eigenvalue weighted by molar-refractivity contribution is 0.294. The van der Waals surface area contributed by atoms with Crippen LogP contribution in [0.15, 0.2) is 83.8 Å². The standard InChI is InChI=1S/C35H33N5O4S/c1-4-19-43-28-15-13-25(14-16-28)33-26(23-39(38-33)27-9-7-6-8-10-27)22-31-34(41)40-35(45-31)36-32(37-40)18-12-24-11-17-29(44-20-5-2)30(21-24)42-3/h6-18,21-23H,4-5,19-20H2,1-3H3/b18-12+,31-22-. The van der Waals surface area contributed by atoms with Gasteiger partial charge < -0.3 is 14.2 Å². The van der Waals surface area contributed by atoms with Gasteiger partial charge in [0, 0.05) is 17.3 Å². The molecule has 0 aliphatic rings. The number of hydrogen-bond donors (Lipinski definition) is 0. The maximum absolute atomic E-state index is 13.4. The Bertz CT molecular complexity index is 2050. The third-order valence-corrected chi connectivity index (χ3v) is 7.88. The molecule has 6 aromatic rings. The van der Waals surface area contributed by atoms with Gasteiger partial charge in [-0.15, -0.1) is 5.10 Å². The van der Waals surface area contributed by atoms with Gasteiger partial charge in [-0.1, -0.05) is 55.5 Å². The number of hydrogen-bond acceptors (Lipinski definition) is 8. The maximum atomic E-state index is 13.4. The van der Waals surface area contributed by atoms with Crippen molar-refractivity contribution in [2.45, 2.75) is 26.7 Å². The monoisotopic (exact) mass is 619 g/mol. The predicted octanol–water partition coefficient (Wildman–Crippen LogP) is 6.31. The molecule has 10 heteroatoms. The zero-order chi connectivity index (χ0) is 31.2. The zero-order valence-corrected chi connectivity index (χ0v) is 26.2. The molecule has 0 amide bonds. The molecule has 0 aliphatic carbocycles. The van der Waals surface area contributed by atoms with Crippen molar-refractivity contribution >= 4 is 34.5 Å². The minimum Gasteiger partial charge on any atom is -0.494 e. The Morgan fingerprint density at radius 2 is 1.64 bits per heavy atom. The lowest BCUT2D eigenvalue weighted by atomic mass is 10.1. The van der Waals surface area contributed by atoms with Crippen LogP contribution >= 0.6 is 11.3 Å². The van der Waals surface area contributed by atoms with E-state index in [1.165, 1.54) is 15.9 Å². The molecule has 0 fully saturated rings. The molecule has 0 saturated carbocycles. The molecule has 6 rings (SSSR count). The van der Waals surface area contributed by atoms with Gasteiger partial charge in [-0.2, -0.15) is 14.6 Å². The van der Waals surface area contributed by atoms with Crippen LogP contribution in [0.25, 0.3) is 40.1 Å². The summed E-state index contributed by atoms with van der Waals surface area (Å²) in [5.74, 6) is 2.61. The molecule has 0 bridgehead atoms. The van der Waals surface area contributed by atoms with Crippen molar-refractivity contribution in [3.63, 3.8) is 0 Å². The van der Waals surface area contributed by atoms with Crippen LogP contribution in [0.2, 0.25) is 0 Å². The zero-order valence-electron chi connectivity index (χ0n) is 25.3. The predicted molar refractivity (Wildman–Crippen MR) is 178 cm³/mol. The fraction of sp³-hybridized carbons (Fsp3) is 0.200. The number of benzene rings is 3. The maximum Gasteiger partial charge on any atom is 0.291 e. The molecule has 3 aromatic heterocycles. The Hall–Kier alpha value is -5.22. The SMILES string of the molecule is CCCOc1ccc(-c2nn(-c3ccccc3)cc2/C=c2\sc3nc(/C=C/c4ccc(OCCC)c(OC)c4)nn3c2=O)cc1. The van der Waals surface area contributed by atoms with E-state index in [9.17, 15) is 4.79 Å². The molecule has 45 heavy (non-hydrogen) atoms. The molecule has 9 nitrogen and oxygen atoms in total. The topological polar surface area (TPSA) is 92.8 Å². The van der Waals surface area contributed by atoms with Crippen LogP contribution in [0.3, 0.4) is 0 Å². The number of nitrogens with zero attached hydrogens (tertiary/aromatic N) is 5. The second-order valence-corrected chi connectivity index (χ2v) is 11.3. The molecule has 3 heterocycles. The van der Waals surface area contributed by atoms with Gasteiger partial charge in [-0.25, -0.2) is 4.68 Å². The van der Waals surface area contributed by atoms with Gasteiger partial charge in [0.15, 0.2) is 17.3 Å². The third kappa shape index (κ3) is 6.66. The number of methoxy groups -OCH3 is 1. The van der Waals surface area contributed by atoms with Gasteiger partial charge in [-0.3, -0.25) is 4.79 Å². The summed E-state index contributed by atoms with van der Waals surface area (Å²) >= 11 is 1.29. The first-order valence-corrected chi connectivity index (χ1v) is 15.7. The molecule has 0 N–H and O–H groups in total. The second-order valence-electron chi connectivity index (χ2n) is 10.3. The normalized spacial score (nSPS) is 11.9. The third-order valence-electron chi connectivity index (χ3n) is 6.92. The molecular weight excluding hydrogens is 586 g/mol. The summed E-state index contributed by atoms with van der Waals surface area (Å²) in [5.41, 5.74) is 4.07. The van der Waals surface area contributed by atoms with Crippen LogP contribution in [0.4, 0.5) is 0 Å². The van der Waals surface area contributed by atoms with E-state index in [4.69, 9.17) is 19.3 Å². The van der Waals surface area contributed by atoms with E-state index in [1.807, 2.05) is 95.8 Å². The van der Waals surface area contributed by atoms with E-state index in [0.717, 1.165) is 46.7 Å². The summed E-state index contributed by atoms with van der Waals surface area (Å²) < 4.78 is 20.7. The smallest absolute Gasteiger partial charge is 0.291 e. The molecule has 0 atom stereocenters. The Labute approximate surface area is 264 Å².